The summed E-state index contributed by atoms with van der Waals surface area (Å²) in [5.41, 5.74) is 5.64. The molecule has 0 bridgehead atoms. The molecule has 1 aromatic rings. The summed E-state index contributed by atoms with van der Waals surface area (Å²) in [6.45, 7) is 1.69. The third-order valence-corrected chi connectivity index (χ3v) is 3.86. The maximum atomic E-state index is 13.9. The zero-order valence-electron chi connectivity index (χ0n) is 12.0. The predicted molar refractivity (Wildman–Crippen MR) is 78.4 cm³/mol. The zero-order chi connectivity index (χ0) is 15.5. The van der Waals surface area contributed by atoms with Gasteiger partial charge in [0, 0.05) is 19.2 Å². The third kappa shape index (κ3) is 3.58. The van der Waals surface area contributed by atoms with Gasteiger partial charge in [-0.2, -0.15) is 0 Å². The second-order valence-electron chi connectivity index (χ2n) is 5.52. The highest BCUT2D eigenvalue weighted by atomic mass is 19.1. The smallest absolute Gasteiger partial charge is 0.254 e. The number of rotatable bonds is 4. The number of hydrogen-bond acceptors (Lipinski definition) is 3. The van der Waals surface area contributed by atoms with Crippen LogP contribution in [0.3, 0.4) is 0 Å². The summed E-state index contributed by atoms with van der Waals surface area (Å²) in [5, 5.41) is 5.40. The molecule has 5 nitrogen and oxygen atoms in total. The molecule has 1 aromatic carbocycles. The lowest BCUT2D eigenvalue weighted by Crippen LogP contribution is -2.51. The molecule has 0 radical (unpaired) electrons. The van der Waals surface area contributed by atoms with E-state index in [-0.39, 0.29) is 11.5 Å². The second kappa shape index (κ2) is 6.22. The van der Waals surface area contributed by atoms with Gasteiger partial charge < -0.3 is 16.4 Å². The van der Waals surface area contributed by atoms with Crippen LogP contribution in [0.1, 0.15) is 43.0 Å². The van der Waals surface area contributed by atoms with Crippen LogP contribution < -0.4 is 16.4 Å². The van der Waals surface area contributed by atoms with Crippen LogP contribution in [0.15, 0.2) is 18.2 Å². The molecule has 0 spiro atoms. The van der Waals surface area contributed by atoms with Gasteiger partial charge in [0.1, 0.15) is 5.82 Å². The number of amides is 2. The molecular formula is C15H20FN3O2. The lowest BCUT2D eigenvalue weighted by Gasteiger charge is -2.28. The van der Waals surface area contributed by atoms with E-state index in [0.29, 0.717) is 12.2 Å². The highest BCUT2D eigenvalue weighted by molar-refractivity contribution is 5.97. The number of nitrogens with two attached hydrogens (primary N) is 1. The molecule has 1 fully saturated rings. The van der Waals surface area contributed by atoms with Crippen LogP contribution in [-0.2, 0) is 4.79 Å². The number of hydrogen-bond donors (Lipinski definition) is 3. The van der Waals surface area contributed by atoms with Gasteiger partial charge in [-0.1, -0.05) is 12.8 Å². The quantitative estimate of drug-likeness (QED) is 0.791. The Labute approximate surface area is 123 Å². The van der Waals surface area contributed by atoms with E-state index in [2.05, 4.69) is 10.6 Å². The van der Waals surface area contributed by atoms with Crippen LogP contribution >= 0.6 is 0 Å². The maximum Gasteiger partial charge on any atom is 0.254 e. The molecule has 0 aromatic heterocycles. The van der Waals surface area contributed by atoms with E-state index in [1.807, 2.05) is 0 Å². The highest BCUT2D eigenvalue weighted by Crippen LogP contribution is 2.29. The summed E-state index contributed by atoms with van der Waals surface area (Å²) in [5.74, 6) is -1.39. The third-order valence-electron chi connectivity index (χ3n) is 3.86. The summed E-state index contributed by atoms with van der Waals surface area (Å²) in [4.78, 5) is 23.3. The van der Waals surface area contributed by atoms with Crippen molar-refractivity contribution in [2.24, 2.45) is 5.73 Å². The molecule has 0 atom stereocenters. The van der Waals surface area contributed by atoms with Gasteiger partial charge in [-0.25, -0.2) is 4.39 Å². The maximum absolute atomic E-state index is 13.9. The Morgan fingerprint density at radius 3 is 2.57 bits per heavy atom. The van der Waals surface area contributed by atoms with Crippen LogP contribution in [0.4, 0.5) is 10.1 Å². The average Bonchev–Trinajstić information content (AvgIpc) is 2.89. The van der Waals surface area contributed by atoms with E-state index in [1.54, 1.807) is 0 Å². The summed E-state index contributed by atoms with van der Waals surface area (Å²) >= 11 is 0. The Morgan fingerprint density at radius 1 is 1.33 bits per heavy atom. The summed E-state index contributed by atoms with van der Waals surface area (Å²) in [6, 6.07) is 3.93. The molecular weight excluding hydrogens is 273 g/mol. The monoisotopic (exact) mass is 293 g/mol. The van der Waals surface area contributed by atoms with Crippen molar-refractivity contribution < 1.29 is 14.0 Å². The van der Waals surface area contributed by atoms with E-state index in [4.69, 9.17) is 5.73 Å². The van der Waals surface area contributed by atoms with Gasteiger partial charge in [0.15, 0.2) is 0 Å². The molecule has 0 heterocycles. The number of carbonyl (C=O) groups excluding carboxylic acids is 2. The number of anilines is 1. The molecule has 2 rings (SSSR count). The van der Waals surface area contributed by atoms with E-state index in [0.717, 1.165) is 25.7 Å². The summed E-state index contributed by atoms with van der Waals surface area (Å²) in [7, 11) is 0. The zero-order valence-corrected chi connectivity index (χ0v) is 12.0. The predicted octanol–water partition coefficient (Wildman–Crippen LogP) is 1.79. The Morgan fingerprint density at radius 2 is 2.00 bits per heavy atom. The fraction of sp³-hybridized carbons (Fsp3) is 0.467. The van der Waals surface area contributed by atoms with Crippen LogP contribution in [0.25, 0.3) is 0 Å². The molecule has 1 saturated carbocycles. The fourth-order valence-corrected chi connectivity index (χ4v) is 2.72. The van der Waals surface area contributed by atoms with Crippen molar-refractivity contribution in [3.05, 3.63) is 29.6 Å². The lowest BCUT2D eigenvalue weighted by atomic mass is 9.97. The summed E-state index contributed by atoms with van der Waals surface area (Å²) < 4.78 is 13.9. The minimum Gasteiger partial charge on any atom is -0.345 e. The Bertz CT molecular complexity index is 554. The van der Waals surface area contributed by atoms with Crippen molar-refractivity contribution in [3.8, 4) is 0 Å². The molecule has 114 valence electrons. The van der Waals surface area contributed by atoms with E-state index in [9.17, 15) is 14.0 Å². The largest absolute Gasteiger partial charge is 0.345 e. The lowest BCUT2D eigenvalue weighted by molar-refractivity contribution is -0.114. The topological polar surface area (TPSA) is 84.2 Å². The van der Waals surface area contributed by atoms with Gasteiger partial charge in [0.2, 0.25) is 5.91 Å². The van der Waals surface area contributed by atoms with Crippen molar-refractivity contribution >= 4 is 17.5 Å². The molecule has 2 amide bonds. The molecule has 0 unspecified atom stereocenters. The fourth-order valence-electron chi connectivity index (χ4n) is 2.72. The van der Waals surface area contributed by atoms with Crippen molar-refractivity contribution in [1.82, 2.24) is 5.32 Å². The van der Waals surface area contributed by atoms with Crippen molar-refractivity contribution in [2.45, 2.75) is 38.1 Å². The first kappa shape index (κ1) is 15.4. The second-order valence-corrected chi connectivity index (χ2v) is 5.52. The van der Waals surface area contributed by atoms with Crippen LogP contribution in [0.5, 0.6) is 0 Å². The van der Waals surface area contributed by atoms with Crippen LogP contribution in [-0.4, -0.2) is 23.9 Å². The van der Waals surface area contributed by atoms with Gasteiger partial charge in [-0.05, 0) is 31.0 Å². The molecule has 6 heteroatoms. The first-order valence-corrected chi connectivity index (χ1v) is 7.05. The molecule has 1 aliphatic rings. The number of carbonyl (C=O) groups is 2. The van der Waals surface area contributed by atoms with Gasteiger partial charge >= 0.3 is 0 Å². The SMILES string of the molecule is CC(=O)Nc1ccc(F)c(C(=O)NC2(CN)CCCC2)c1. The first-order chi connectivity index (χ1) is 9.96. The average molecular weight is 293 g/mol. The number of benzene rings is 1. The molecule has 21 heavy (non-hydrogen) atoms. The number of halogens is 1. The highest BCUT2D eigenvalue weighted by Gasteiger charge is 2.34. The Kier molecular flexibility index (Phi) is 4.57. The Hall–Kier alpha value is -1.95. The number of nitrogens with one attached hydrogen (secondary N) is 2. The molecule has 1 aliphatic carbocycles. The van der Waals surface area contributed by atoms with Crippen molar-refractivity contribution in [1.29, 1.82) is 0 Å². The van der Waals surface area contributed by atoms with E-state index < -0.39 is 17.3 Å². The van der Waals surface area contributed by atoms with Crippen LogP contribution in [0.2, 0.25) is 0 Å². The normalized spacial score (nSPS) is 16.5. The molecule has 4 N–H and O–H groups in total. The first-order valence-electron chi connectivity index (χ1n) is 7.05. The van der Waals surface area contributed by atoms with Crippen molar-refractivity contribution in [2.75, 3.05) is 11.9 Å². The van der Waals surface area contributed by atoms with Gasteiger partial charge in [-0.15, -0.1) is 0 Å². The van der Waals surface area contributed by atoms with Crippen LogP contribution in [0, 0.1) is 5.82 Å². The van der Waals surface area contributed by atoms with Gasteiger partial charge in [0.05, 0.1) is 11.1 Å². The van der Waals surface area contributed by atoms with Crippen molar-refractivity contribution in [3.63, 3.8) is 0 Å². The standard InChI is InChI=1S/C15H20FN3O2/c1-10(20)18-11-4-5-13(16)12(8-11)14(21)19-15(9-17)6-2-3-7-15/h4-5,8H,2-3,6-7,9,17H2,1H3,(H,18,20)(H,19,21). The minimum absolute atomic E-state index is 0.0824. The molecule has 0 saturated heterocycles. The van der Waals surface area contributed by atoms with E-state index >= 15 is 0 Å². The van der Waals surface area contributed by atoms with E-state index in [1.165, 1.54) is 25.1 Å². The van der Waals surface area contributed by atoms with Gasteiger partial charge in [-0.3, -0.25) is 9.59 Å². The minimum atomic E-state index is -0.619. The molecule has 0 aliphatic heterocycles. The Balaban J connectivity index is 2.20. The summed E-state index contributed by atoms with van der Waals surface area (Å²) in [6.07, 6.45) is 3.63. The van der Waals surface area contributed by atoms with Gasteiger partial charge in [0.25, 0.3) is 5.91 Å².